The van der Waals surface area contributed by atoms with E-state index in [-0.39, 0.29) is 6.04 Å². The molecule has 0 amide bonds. The third kappa shape index (κ3) is 1.99. The van der Waals surface area contributed by atoms with Crippen molar-refractivity contribution in [3.63, 3.8) is 0 Å². The molecule has 1 atom stereocenters. The fraction of sp³-hybridized carbons (Fsp3) is 0.0588. The minimum absolute atomic E-state index is 0.240. The highest BCUT2D eigenvalue weighted by atomic mass is 79.9. The Morgan fingerprint density at radius 3 is 2.57 bits per heavy atom. The maximum absolute atomic E-state index is 6.34. The van der Waals surface area contributed by atoms with Gasteiger partial charge in [0.2, 0.25) is 0 Å². The molecule has 0 aliphatic heterocycles. The van der Waals surface area contributed by atoms with Gasteiger partial charge in [-0.25, -0.2) is 0 Å². The Morgan fingerprint density at radius 2 is 1.76 bits per heavy atom. The average molecular weight is 342 g/mol. The van der Waals surface area contributed by atoms with Crippen LogP contribution in [0.4, 0.5) is 0 Å². The van der Waals surface area contributed by atoms with Crippen LogP contribution in [0.1, 0.15) is 17.2 Å². The first-order chi connectivity index (χ1) is 10.2. The SMILES string of the molecule is NC(c1ccc2oc3ccccc3c2c1)c1ccoc1Br. The highest BCUT2D eigenvalue weighted by molar-refractivity contribution is 9.10. The van der Waals surface area contributed by atoms with Crippen LogP contribution in [0.25, 0.3) is 21.9 Å². The molecule has 0 saturated heterocycles. The molecule has 3 nitrogen and oxygen atoms in total. The summed E-state index contributed by atoms with van der Waals surface area (Å²) in [6, 6.07) is 15.7. The molecule has 104 valence electrons. The number of halogens is 1. The summed E-state index contributed by atoms with van der Waals surface area (Å²) in [5.74, 6) is 0. The number of rotatable bonds is 2. The molecule has 0 fully saturated rings. The summed E-state index contributed by atoms with van der Waals surface area (Å²) < 4.78 is 11.8. The van der Waals surface area contributed by atoms with Crippen molar-refractivity contribution in [3.05, 3.63) is 70.6 Å². The normalized spacial score (nSPS) is 13.0. The van der Waals surface area contributed by atoms with Crippen molar-refractivity contribution in [3.8, 4) is 0 Å². The standard InChI is InChI=1S/C17H12BrNO2/c18-17-12(7-8-20-17)16(19)10-5-6-15-13(9-10)11-3-1-2-4-14(11)21-15/h1-9,16H,19H2. The minimum Gasteiger partial charge on any atom is -0.457 e. The molecular weight excluding hydrogens is 330 g/mol. The summed E-state index contributed by atoms with van der Waals surface area (Å²) in [4.78, 5) is 0. The predicted molar refractivity (Wildman–Crippen MR) is 86.2 cm³/mol. The van der Waals surface area contributed by atoms with Crippen LogP contribution in [-0.2, 0) is 0 Å². The van der Waals surface area contributed by atoms with Crippen LogP contribution in [0.5, 0.6) is 0 Å². The molecule has 2 heterocycles. The Kier molecular flexibility index (Phi) is 2.87. The van der Waals surface area contributed by atoms with E-state index < -0.39 is 0 Å². The summed E-state index contributed by atoms with van der Waals surface area (Å²) in [6.07, 6.45) is 1.63. The molecule has 2 N–H and O–H groups in total. The molecule has 0 radical (unpaired) electrons. The van der Waals surface area contributed by atoms with Crippen LogP contribution in [0.15, 0.2) is 68.3 Å². The van der Waals surface area contributed by atoms with Crippen LogP contribution in [0, 0.1) is 0 Å². The zero-order chi connectivity index (χ0) is 14.4. The number of para-hydroxylation sites is 1. The molecule has 0 spiro atoms. The number of furan rings is 2. The average Bonchev–Trinajstić information content (AvgIpc) is 3.09. The van der Waals surface area contributed by atoms with Gasteiger partial charge in [0.15, 0.2) is 4.67 Å². The van der Waals surface area contributed by atoms with Crippen molar-refractivity contribution >= 4 is 37.9 Å². The van der Waals surface area contributed by atoms with Gasteiger partial charge in [-0.1, -0.05) is 24.3 Å². The summed E-state index contributed by atoms with van der Waals surface area (Å²) in [6.45, 7) is 0. The quantitative estimate of drug-likeness (QED) is 0.558. The maximum atomic E-state index is 6.34. The lowest BCUT2D eigenvalue weighted by molar-refractivity contribution is 0.534. The van der Waals surface area contributed by atoms with E-state index in [2.05, 4.69) is 28.1 Å². The Balaban J connectivity index is 1.90. The van der Waals surface area contributed by atoms with Crippen LogP contribution in [-0.4, -0.2) is 0 Å². The largest absolute Gasteiger partial charge is 0.457 e. The molecule has 21 heavy (non-hydrogen) atoms. The van der Waals surface area contributed by atoms with E-state index in [0.717, 1.165) is 33.1 Å². The van der Waals surface area contributed by atoms with E-state index in [1.54, 1.807) is 6.26 Å². The Bertz CT molecular complexity index is 938. The number of hydrogen-bond donors (Lipinski definition) is 1. The van der Waals surface area contributed by atoms with Gasteiger partial charge in [0.1, 0.15) is 11.2 Å². The zero-order valence-corrected chi connectivity index (χ0v) is 12.6. The molecule has 0 bridgehead atoms. The molecule has 4 rings (SSSR count). The van der Waals surface area contributed by atoms with Gasteiger partial charge in [0.05, 0.1) is 12.3 Å². The lowest BCUT2D eigenvalue weighted by atomic mass is 10.00. The highest BCUT2D eigenvalue weighted by Crippen LogP contribution is 2.33. The number of hydrogen-bond acceptors (Lipinski definition) is 3. The van der Waals surface area contributed by atoms with Crippen molar-refractivity contribution < 1.29 is 8.83 Å². The molecular formula is C17H12BrNO2. The Labute approximate surface area is 129 Å². The first-order valence-electron chi connectivity index (χ1n) is 6.64. The zero-order valence-electron chi connectivity index (χ0n) is 11.0. The highest BCUT2D eigenvalue weighted by Gasteiger charge is 2.16. The molecule has 2 aromatic heterocycles. The first-order valence-corrected chi connectivity index (χ1v) is 7.43. The van der Waals surface area contributed by atoms with Crippen LogP contribution >= 0.6 is 15.9 Å². The smallest absolute Gasteiger partial charge is 0.174 e. The van der Waals surface area contributed by atoms with E-state index in [0.29, 0.717) is 4.67 Å². The number of benzene rings is 2. The Morgan fingerprint density at radius 1 is 0.952 bits per heavy atom. The molecule has 0 aliphatic carbocycles. The maximum Gasteiger partial charge on any atom is 0.174 e. The van der Waals surface area contributed by atoms with Crippen LogP contribution < -0.4 is 5.73 Å². The third-order valence-corrected chi connectivity index (χ3v) is 4.39. The lowest BCUT2D eigenvalue weighted by Gasteiger charge is -2.10. The summed E-state index contributed by atoms with van der Waals surface area (Å²) >= 11 is 3.38. The van der Waals surface area contributed by atoms with Crippen molar-refractivity contribution in [1.82, 2.24) is 0 Å². The summed E-state index contributed by atoms with van der Waals surface area (Å²) in [5.41, 5.74) is 10.1. The molecule has 0 aliphatic rings. The number of nitrogens with two attached hydrogens (primary N) is 1. The van der Waals surface area contributed by atoms with Gasteiger partial charge < -0.3 is 14.6 Å². The topological polar surface area (TPSA) is 52.3 Å². The van der Waals surface area contributed by atoms with Gasteiger partial charge in [0.25, 0.3) is 0 Å². The summed E-state index contributed by atoms with van der Waals surface area (Å²) in [5, 5.41) is 2.19. The third-order valence-electron chi connectivity index (χ3n) is 3.74. The predicted octanol–water partition coefficient (Wildman–Crippen LogP) is 4.99. The van der Waals surface area contributed by atoms with Gasteiger partial charge in [-0.15, -0.1) is 0 Å². The van der Waals surface area contributed by atoms with Crippen LogP contribution in [0.3, 0.4) is 0 Å². The molecule has 0 saturated carbocycles. The van der Waals surface area contributed by atoms with Crippen molar-refractivity contribution in [1.29, 1.82) is 0 Å². The van der Waals surface area contributed by atoms with Crippen LogP contribution in [0.2, 0.25) is 0 Å². The molecule has 4 aromatic rings. The second-order valence-electron chi connectivity index (χ2n) is 4.98. The molecule has 2 aromatic carbocycles. The van der Waals surface area contributed by atoms with Gasteiger partial charge in [-0.3, -0.25) is 0 Å². The van der Waals surface area contributed by atoms with Gasteiger partial charge >= 0.3 is 0 Å². The van der Waals surface area contributed by atoms with Crippen molar-refractivity contribution in [2.75, 3.05) is 0 Å². The van der Waals surface area contributed by atoms with Crippen molar-refractivity contribution in [2.45, 2.75) is 6.04 Å². The van der Waals surface area contributed by atoms with E-state index in [1.807, 2.05) is 36.4 Å². The fourth-order valence-corrected chi connectivity index (χ4v) is 3.13. The number of fused-ring (bicyclic) bond motifs is 3. The first kappa shape index (κ1) is 12.7. The van der Waals surface area contributed by atoms with E-state index in [1.165, 1.54) is 0 Å². The lowest BCUT2D eigenvalue weighted by Crippen LogP contribution is -2.11. The van der Waals surface area contributed by atoms with Gasteiger partial charge in [-0.2, -0.15) is 0 Å². The van der Waals surface area contributed by atoms with E-state index in [9.17, 15) is 0 Å². The van der Waals surface area contributed by atoms with E-state index in [4.69, 9.17) is 14.6 Å². The minimum atomic E-state index is -0.240. The van der Waals surface area contributed by atoms with Gasteiger partial charge in [0, 0.05) is 16.3 Å². The molecule has 1 unspecified atom stereocenters. The summed E-state index contributed by atoms with van der Waals surface area (Å²) in [7, 11) is 0. The second kappa shape index (κ2) is 4.76. The van der Waals surface area contributed by atoms with Gasteiger partial charge in [-0.05, 0) is 45.8 Å². The second-order valence-corrected chi connectivity index (χ2v) is 5.70. The monoisotopic (exact) mass is 341 g/mol. The van der Waals surface area contributed by atoms with E-state index >= 15 is 0 Å². The molecule has 4 heteroatoms. The fourth-order valence-electron chi connectivity index (χ4n) is 2.64. The van der Waals surface area contributed by atoms with Crippen molar-refractivity contribution in [2.24, 2.45) is 5.73 Å². The Hall–Kier alpha value is -2.04.